The van der Waals surface area contributed by atoms with Gasteiger partial charge >= 0.3 is 0 Å². The van der Waals surface area contributed by atoms with E-state index >= 15 is 0 Å². The molecular weight excluding hydrogens is 204 g/mol. The summed E-state index contributed by atoms with van der Waals surface area (Å²) >= 11 is 0. The van der Waals surface area contributed by atoms with E-state index in [-0.39, 0.29) is 6.10 Å². The highest BCUT2D eigenvalue weighted by atomic mass is 16.5. The van der Waals surface area contributed by atoms with Gasteiger partial charge in [-0.05, 0) is 25.7 Å². The van der Waals surface area contributed by atoms with Gasteiger partial charge in [-0.3, -0.25) is 0 Å². The van der Waals surface area contributed by atoms with Crippen LogP contribution in [0.1, 0.15) is 44.9 Å². The molecule has 2 rings (SSSR count). The topological polar surface area (TPSA) is 27.7 Å². The molecule has 0 bridgehead atoms. The van der Waals surface area contributed by atoms with Gasteiger partial charge in [-0.2, -0.15) is 0 Å². The Balaban J connectivity index is 1.81. The standard InChI is InChI=1S/C13H24O3/c1-2-4-9-15-12(6-3-1)13-7-11-14-8-5-10-16-13/h12-13H,1-11H2. The lowest BCUT2D eigenvalue weighted by molar-refractivity contribution is -0.104. The van der Waals surface area contributed by atoms with Gasteiger partial charge in [0.25, 0.3) is 0 Å². The minimum Gasteiger partial charge on any atom is -0.381 e. The molecule has 0 aliphatic carbocycles. The zero-order chi connectivity index (χ0) is 11.1. The monoisotopic (exact) mass is 228 g/mol. The molecule has 16 heavy (non-hydrogen) atoms. The van der Waals surface area contributed by atoms with E-state index in [0.717, 1.165) is 45.7 Å². The predicted octanol–water partition coefficient (Wildman–Crippen LogP) is 2.53. The molecule has 2 aliphatic heterocycles. The second-order valence-electron chi connectivity index (χ2n) is 4.78. The molecule has 3 nitrogen and oxygen atoms in total. The zero-order valence-electron chi connectivity index (χ0n) is 10.2. The number of ether oxygens (including phenoxy) is 3. The van der Waals surface area contributed by atoms with Crippen molar-refractivity contribution in [3.63, 3.8) is 0 Å². The lowest BCUT2D eigenvalue weighted by Gasteiger charge is -2.30. The van der Waals surface area contributed by atoms with Crippen molar-refractivity contribution in [2.24, 2.45) is 0 Å². The van der Waals surface area contributed by atoms with Crippen LogP contribution < -0.4 is 0 Å². The van der Waals surface area contributed by atoms with Crippen LogP contribution in [0.3, 0.4) is 0 Å². The van der Waals surface area contributed by atoms with E-state index < -0.39 is 0 Å². The summed E-state index contributed by atoms with van der Waals surface area (Å²) in [5, 5.41) is 0. The van der Waals surface area contributed by atoms with Crippen molar-refractivity contribution >= 4 is 0 Å². The lowest BCUT2D eigenvalue weighted by Crippen LogP contribution is -2.35. The third kappa shape index (κ3) is 4.04. The van der Waals surface area contributed by atoms with Crippen LogP contribution in [0.4, 0.5) is 0 Å². The van der Waals surface area contributed by atoms with Crippen LogP contribution in [0.25, 0.3) is 0 Å². The van der Waals surface area contributed by atoms with Crippen LogP contribution in [-0.2, 0) is 14.2 Å². The van der Waals surface area contributed by atoms with Crippen molar-refractivity contribution in [3.05, 3.63) is 0 Å². The smallest absolute Gasteiger partial charge is 0.0858 e. The first-order valence-electron chi connectivity index (χ1n) is 6.78. The molecule has 2 fully saturated rings. The summed E-state index contributed by atoms with van der Waals surface area (Å²) < 4.78 is 17.4. The maximum Gasteiger partial charge on any atom is 0.0858 e. The van der Waals surface area contributed by atoms with Crippen molar-refractivity contribution < 1.29 is 14.2 Å². The Morgan fingerprint density at radius 1 is 0.562 bits per heavy atom. The summed E-state index contributed by atoms with van der Waals surface area (Å²) in [6.45, 7) is 3.40. The Morgan fingerprint density at radius 2 is 1.31 bits per heavy atom. The highest BCUT2D eigenvalue weighted by molar-refractivity contribution is 4.73. The van der Waals surface area contributed by atoms with Gasteiger partial charge in [-0.25, -0.2) is 0 Å². The van der Waals surface area contributed by atoms with E-state index in [1.165, 1.54) is 25.7 Å². The van der Waals surface area contributed by atoms with Crippen LogP contribution in [0.2, 0.25) is 0 Å². The Bertz CT molecular complexity index is 148. The van der Waals surface area contributed by atoms with Crippen molar-refractivity contribution in [2.75, 3.05) is 26.4 Å². The van der Waals surface area contributed by atoms with E-state index in [4.69, 9.17) is 14.2 Å². The summed E-state index contributed by atoms with van der Waals surface area (Å²) in [4.78, 5) is 0. The molecule has 0 aromatic carbocycles. The van der Waals surface area contributed by atoms with E-state index in [9.17, 15) is 0 Å². The number of hydrogen-bond acceptors (Lipinski definition) is 3. The van der Waals surface area contributed by atoms with Crippen LogP contribution in [0, 0.1) is 0 Å². The van der Waals surface area contributed by atoms with Crippen LogP contribution >= 0.6 is 0 Å². The third-order valence-corrected chi connectivity index (χ3v) is 3.44. The Hall–Kier alpha value is -0.120. The van der Waals surface area contributed by atoms with Crippen molar-refractivity contribution in [2.45, 2.75) is 57.2 Å². The van der Waals surface area contributed by atoms with Gasteiger partial charge in [0.2, 0.25) is 0 Å². The van der Waals surface area contributed by atoms with E-state index in [2.05, 4.69) is 0 Å². The Kier molecular flexibility index (Phi) is 5.59. The summed E-state index contributed by atoms with van der Waals surface area (Å²) in [5.74, 6) is 0. The number of rotatable bonds is 1. The van der Waals surface area contributed by atoms with Crippen molar-refractivity contribution in [3.8, 4) is 0 Å². The highest BCUT2D eigenvalue weighted by Crippen LogP contribution is 2.20. The van der Waals surface area contributed by atoms with E-state index in [0.29, 0.717) is 6.10 Å². The van der Waals surface area contributed by atoms with Crippen LogP contribution in [-0.4, -0.2) is 38.6 Å². The fraction of sp³-hybridized carbons (Fsp3) is 1.00. The molecule has 2 saturated heterocycles. The van der Waals surface area contributed by atoms with Gasteiger partial charge in [0.05, 0.1) is 12.2 Å². The summed E-state index contributed by atoms with van der Waals surface area (Å²) in [7, 11) is 0. The summed E-state index contributed by atoms with van der Waals surface area (Å²) in [6, 6.07) is 0. The van der Waals surface area contributed by atoms with E-state index in [1.807, 2.05) is 0 Å². The predicted molar refractivity (Wildman–Crippen MR) is 62.6 cm³/mol. The average molecular weight is 228 g/mol. The maximum atomic E-state index is 5.94. The molecule has 2 unspecified atom stereocenters. The first-order chi connectivity index (χ1) is 7.97. The fourth-order valence-electron chi connectivity index (χ4n) is 2.49. The second kappa shape index (κ2) is 7.25. The minimum atomic E-state index is 0.262. The van der Waals surface area contributed by atoms with Gasteiger partial charge in [0, 0.05) is 26.4 Å². The second-order valence-corrected chi connectivity index (χ2v) is 4.78. The highest BCUT2D eigenvalue weighted by Gasteiger charge is 2.24. The molecule has 0 saturated carbocycles. The molecule has 0 aromatic heterocycles. The van der Waals surface area contributed by atoms with Gasteiger partial charge in [0.1, 0.15) is 0 Å². The van der Waals surface area contributed by atoms with E-state index in [1.54, 1.807) is 0 Å². The van der Waals surface area contributed by atoms with Crippen molar-refractivity contribution in [1.82, 2.24) is 0 Å². The quantitative estimate of drug-likeness (QED) is 0.690. The molecule has 2 heterocycles. The molecule has 94 valence electrons. The molecule has 0 spiro atoms. The van der Waals surface area contributed by atoms with Gasteiger partial charge < -0.3 is 14.2 Å². The van der Waals surface area contributed by atoms with Gasteiger partial charge in [0.15, 0.2) is 0 Å². The third-order valence-electron chi connectivity index (χ3n) is 3.44. The van der Waals surface area contributed by atoms with Gasteiger partial charge in [-0.15, -0.1) is 0 Å². The molecule has 0 N–H and O–H groups in total. The Morgan fingerprint density at radius 3 is 2.25 bits per heavy atom. The molecule has 2 aliphatic rings. The normalized spacial score (nSPS) is 34.5. The maximum absolute atomic E-state index is 5.94. The lowest BCUT2D eigenvalue weighted by atomic mass is 10.0. The first-order valence-corrected chi connectivity index (χ1v) is 6.78. The Labute approximate surface area is 98.4 Å². The molecular formula is C13H24O3. The zero-order valence-corrected chi connectivity index (χ0v) is 10.2. The average Bonchev–Trinajstić information content (AvgIpc) is 2.18. The molecule has 0 radical (unpaired) electrons. The van der Waals surface area contributed by atoms with Gasteiger partial charge in [-0.1, -0.05) is 19.3 Å². The minimum absolute atomic E-state index is 0.262. The van der Waals surface area contributed by atoms with Crippen LogP contribution in [0.15, 0.2) is 0 Å². The number of hydrogen-bond donors (Lipinski definition) is 0. The summed E-state index contributed by atoms with van der Waals surface area (Å²) in [6.07, 6.45) is 8.90. The molecule has 3 heteroatoms. The largest absolute Gasteiger partial charge is 0.381 e. The molecule has 0 amide bonds. The molecule has 0 aromatic rings. The van der Waals surface area contributed by atoms with Crippen molar-refractivity contribution in [1.29, 1.82) is 0 Å². The fourth-order valence-corrected chi connectivity index (χ4v) is 2.49. The SMILES string of the molecule is C1CCCC(C2CCOCCCO2)OCC1. The first kappa shape index (κ1) is 12.3. The summed E-state index contributed by atoms with van der Waals surface area (Å²) in [5.41, 5.74) is 0. The molecule has 2 atom stereocenters. The van der Waals surface area contributed by atoms with Crippen LogP contribution in [0.5, 0.6) is 0 Å².